The summed E-state index contributed by atoms with van der Waals surface area (Å²) in [4.78, 5) is 12.2. The summed E-state index contributed by atoms with van der Waals surface area (Å²) in [6.07, 6.45) is -2.96. The Morgan fingerprint density at radius 2 is 2.12 bits per heavy atom. The van der Waals surface area contributed by atoms with E-state index >= 15 is 0 Å². The molecule has 0 saturated carbocycles. The number of unbranched alkanes of at least 4 members (excludes halogenated alkanes) is 1. The van der Waals surface area contributed by atoms with E-state index in [0.717, 1.165) is 11.3 Å². The van der Waals surface area contributed by atoms with Gasteiger partial charge in [0.1, 0.15) is 6.54 Å². The van der Waals surface area contributed by atoms with Crippen LogP contribution >= 0.6 is 0 Å². The number of hydrogen-bond donors (Lipinski definition) is 1. The molecule has 98 valence electrons. The van der Waals surface area contributed by atoms with Gasteiger partial charge >= 0.3 is 6.18 Å². The van der Waals surface area contributed by atoms with Crippen molar-refractivity contribution in [3.05, 3.63) is 0 Å². The summed E-state index contributed by atoms with van der Waals surface area (Å²) in [6, 6.07) is 1.69. The zero-order chi connectivity index (χ0) is 13.3. The van der Waals surface area contributed by atoms with Crippen LogP contribution in [0.25, 0.3) is 0 Å². The van der Waals surface area contributed by atoms with Gasteiger partial charge in [-0.15, -0.1) is 0 Å². The summed E-state index contributed by atoms with van der Waals surface area (Å²) in [5, 5.41) is 10.4. The lowest BCUT2D eigenvalue weighted by atomic mass is 10.3. The molecule has 0 unspecified atom stereocenters. The second kappa shape index (κ2) is 7.90. The quantitative estimate of drug-likeness (QED) is 0.694. The molecular weight excluding hydrogens is 235 g/mol. The molecule has 7 heteroatoms. The Labute approximate surface area is 98.4 Å². The predicted molar refractivity (Wildman–Crippen MR) is 56.0 cm³/mol. The van der Waals surface area contributed by atoms with E-state index in [1.165, 1.54) is 0 Å². The number of carbonyl (C=O) groups excluding carboxylic acids is 1. The van der Waals surface area contributed by atoms with Crippen molar-refractivity contribution in [1.29, 1.82) is 5.26 Å². The maximum atomic E-state index is 12.2. The highest BCUT2D eigenvalue weighted by Crippen LogP contribution is 2.16. The number of rotatable bonds is 7. The topological polar surface area (TPSA) is 56.1 Å². The number of nitrogens with zero attached hydrogens (tertiary/aromatic N) is 2. The molecule has 0 aromatic rings. The number of carbonyl (C=O) groups is 1. The second-order valence-electron chi connectivity index (χ2n) is 3.61. The molecule has 0 spiro atoms. The third kappa shape index (κ3) is 9.63. The van der Waals surface area contributed by atoms with Gasteiger partial charge in [-0.1, -0.05) is 13.3 Å². The molecule has 0 aromatic carbocycles. The van der Waals surface area contributed by atoms with Crippen LogP contribution in [0.4, 0.5) is 13.2 Å². The maximum absolute atomic E-state index is 12.2. The molecule has 0 atom stereocenters. The summed E-state index contributed by atoms with van der Waals surface area (Å²) >= 11 is 0. The Kier molecular flexibility index (Phi) is 7.30. The minimum atomic E-state index is -4.32. The van der Waals surface area contributed by atoms with Gasteiger partial charge in [-0.05, 0) is 13.0 Å². The van der Waals surface area contributed by atoms with E-state index in [4.69, 9.17) is 5.26 Å². The summed E-state index contributed by atoms with van der Waals surface area (Å²) in [5.41, 5.74) is 0. The largest absolute Gasteiger partial charge is 0.401 e. The summed E-state index contributed by atoms with van der Waals surface area (Å²) in [6.45, 7) is 0.456. The van der Waals surface area contributed by atoms with Crippen LogP contribution in [-0.2, 0) is 4.79 Å². The van der Waals surface area contributed by atoms with Gasteiger partial charge in [0.2, 0.25) is 5.91 Å². The second-order valence-corrected chi connectivity index (χ2v) is 3.61. The predicted octanol–water partition coefficient (Wildman–Crippen LogP) is 1.29. The first-order valence-electron chi connectivity index (χ1n) is 5.31. The molecule has 0 fully saturated rings. The lowest BCUT2D eigenvalue weighted by Gasteiger charge is -2.22. The molecule has 1 amide bonds. The van der Waals surface area contributed by atoms with Crippen molar-refractivity contribution in [2.24, 2.45) is 0 Å². The minimum absolute atomic E-state index is 0.188. The fraction of sp³-hybridized carbons (Fsp3) is 0.800. The van der Waals surface area contributed by atoms with Gasteiger partial charge in [0.25, 0.3) is 0 Å². The normalized spacial score (nSPS) is 11.3. The smallest absolute Gasteiger partial charge is 0.342 e. The molecule has 1 N–H and O–H groups in total. The van der Waals surface area contributed by atoms with Gasteiger partial charge in [0.05, 0.1) is 19.2 Å². The zero-order valence-electron chi connectivity index (χ0n) is 9.68. The standard InChI is InChI=1S/C10H16F3N3O/c1-2-3-6-16(8-10(11,12)13)7-9(17)15-5-4-14/h2-3,5-8H2,1H3,(H,15,17). The third-order valence-corrected chi connectivity index (χ3v) is 1.96. The van der Waals surface area contributed by atoms with Crippen LogP contribution in [0.15, 0.2) is 0 Å². The number of alkyl halides is 3. The highest BCUT2D eigenvalue weighted by molar-refractivity contribution is 5.78. The van der Waals surface area contributed by atoms with Gasteiger partial charge in [0.15, 0.2) is 0 Å². The average molecular weight is 251 g/mol. The van der Waals surface area contributed by atoms with E-state index in [0.29, 0.717) is 6.42 Å². The van der Waals surface area contributed by atoms with E-state index in [1.807, 2.05) is 6.92 Å². The number of halogens is 3. The molecule has 4 nitrogen and oxygen atoms in total. The molecule has 0 aliphatic rings. The molecule has 0 aromatic heterocycles. The van der Waals surface area contributed by atoms with Crippen LogP contribution < -0.4 is 5.32 Å². The molecule has 0 radical (unpaired) electrons. The Hall–Kier alpha value is -1.29. The van der Waals surface area contributed by atoms with E-state index in [1.54, 1.807) is 6.07 Å². The van der Waals surface area contributed by atoms with Crippen LogP contribution in [-0.4, -0.2) is 43.2 Å². The van der Waals surface area contributed by atoms with Gasteiger partial charge < -0.3 is 5.32 Å². The van der Waals surface area contributed by atoms with Crippen molar-refractivity contribution in [3.63, 3.8) is 0 Å². The molecule has 0 saturated heterocycles. The summed E-state index contributed by atoms with van der Waals surface area (Å²) in [7, 11) is 0. The molecule has 0 bridgehead atoms. The fourth-order valence-corrected chi connectivity index (χ4v) is 1.25. The highest BCUT2D eigenvalue weighted by Gasteiger charge is 2.31. The van der Waals surface area contributed by atoms with Gasteiger partial charge in [-0.2, -0.15) is 18.4 Å². The Bertz CT molecular complexity index is 273. The molecular formula is C10H16F3N3O. The minimum Gasteiger partial charge on any atom is -0.342 e. The first kappa shape index (κ1) is 15.7. The van der Waals surface area contributed by atoms with Gasteiger partial charge in [-0.3, -0.25) is 9.69 Å². The Morgan fingerprint density at radius 3 is 2.59 bits per heavy atom. The molecule has 0 aliphatic carbocycles. The average Bonchev–Trinajstić information content (AvgIpc) is 2.21. The molecule has 0 rings (SSSR count). The van der Waals surface area contributed by atoms with Crippen LogP contribution in [0, 0.1) is 11.3 Å². The Morgan fingerprint density at radius 1 is 1.47 bits per heavy atom. The molecule has 0 heterocycles. The first-order chi connectivity index (χ1) is 7.89. The van der Waals surface area contributed by atoms with Gasteiger partial charge in [-0.25, -0.2) is 0 Å². The van der Waals surface area contributed by atoms with Crippen LogP contribution in [0.1, 0.15) is 19.8 Å². The number of amides is 1. The van der Waals surface area contributed by atoms with E-state index in [9.17, 15) is 18.0 Å². The van der Waals surface area contributed by atoms with E-state index in [-0.39, 0.29) is 19.6 Å². The maximum Gasteiger partial charge on any atom is 0.401 e. The van der Waals surface area contributed by atoms with Crippen LogP contribution in [0.3, 0.4) is 0 Å². The lowest BCUT2D eigenvalue weighted by Crippen LogP contribution is -2.42. The first-order valence-corrected chi connectivity index (χ1v) is 5.31. The number of nitrogens with one attached hydrogen (secondary N) is 1. The Balaban J connectivity index is 4.18. The van der Waals surface area contributed by atoms with Crippen LogP contribution in [0.5, 0.6) is 0 Å². The number of hydrogen-bond acceptors (Lipinski definition) is 3. The lowest BCUT2D eigenvalue weighted by molar-refractivity contribution is -0.148. The van der Waals surface area contributed by atoms with E-state index < -0.39 is 18.6 Å². The zero-order valence-corrected chi connectivity index (χ0v) is 9.68. The molecule has 0 aliphatic heterocycles. The summed E-state index contributed by atoms with van der Waals surface area (Å²) < 4.78 is 36.6. The van der Waals surface area contributed by atoms with Crippen molar-refractivity contribution in [1.82, 2.24) is 10.2 Å². The van der Waals surface area contributed by atoms with E-state index in [2.05, 4.69) is 5.32 Å². The van der Waals surface area contributed by atoms with Gasteiger partial charge in [0, 0.05) is 0 Å². The van der Waals surface area contributed by atoms with Crippen molar-refractivity contribution in [3.8, 4) is 6.07 Å². The SMILES string of the molecule is CCCCN(CC(=O)NCC#N)CC(F)(F)F. The molecule has 17 heavy (non-hydrogen) atoms. The van der Waals surface area contributed by atoms with Crippen LogP contribution in [0.2, 0.25) is 0 Å². The monoisotopic (exact) mass is 251 g/mol. The highest BCUT2D eigenvalue weighted by atomic mass is 19.4. The van der Waals surface area contributed by atoms with Crippen molar-refractivity contribution in [2.75, 3.05) is 26.2 Å². The third-order valence-electron chi connectivity index (χ3n) is 1.96. The fourth-order valence-electron chi connectivity index (χ4n) is 1.25. The van der Waals surface area contributed by atoms with Crippen molar-refractivity contribution in [2.45, 2.75) is 25.9 Å². The van der Waals surface area contributed by atoms with Crippen molar-refractivity contribution < 1.29 is 18.0 Å². The van der Waals surface area contributed by atoms with Crippen molar-refractivity contribution >= 4 is 5.91 Å². The number of nitriles is 1. The summed E-state index contributed by atoms with van der Waals surface area (Å²) in [5.74, 6) is -0.563.